The SMILES string of the molecule is O=C(O)c1ncc2[nH]c3ccccc3c2c1-c1ccccc1. The Hall–Kier alpha value is -3.14. The highest BCUT2D eigenvalue weighted by atomic mass is 16.4. The second kappa shape index (κ2) is 4.70. The summed E-state index contributed by atoms with van der Waals surface area (Å²) in [6, 6.07) is 17.4. The van der Waals surface area contributed by atoms with Gasteiger partial charge >= 0.3 is 5.97 Å². The van der Waals surface area contributed by atoms with Crippen molar-refractivity contribution in [1.29, 1.82) is 0 Å². The first-order valence-corrected chi connectivity index (χ1v) is 6.94. The van der Waals surface area contributed by atoms with Crippen molar-refractivity contribution in [2.24, 2.45) is 0 Å². The molecular weight excluding hydrogens is 276 g/mol. The summed E-state index contributed by atoms with van der Waals surface area (Å²) in [7, 11) is 0. The highest BCUT2D eigenvalue weighted by molar-refractivity contribution is 6.17. The van der Waals surface area contributed by atoms with Crippen LogP contribution in [-0.4, -0.2) is 21.0 Å². The van der Waals surface area contributed by atoms with Crippen LogP contribution in [0.5, 0.6) is 0 Å². The van der Waals surface area contributed by atoms with E-state index in [-0.39, 0.29) is 5.69 Å². The molecule has 0 aliphatic heterocycles. The number of carboxylic acid groups (broad SMARTS) is 1. The summed E-state index contributed by atoms with van der Waals surface area (Å²) >= 11 is 0. The van der Waals surface area contributed by atoms with Crippen LogP contribution in [0.15, 0.2) is 60.8 Å². The lowest BCUT2D eigenvalue weighted by molar-refractivity contribution is 0.0691. The molecular formula is C18H12N2O2. The van der Waals surface area contributed by atoms with Crippen LogP contribution in [0, 0.1) is 0 Å². The van der Waals surface area contributed by atoms with E-state index >= 15 is 0 Å². The Morgan fingerprint density at radius 1 is 0.955 bits per heavy atom. The fourth-order valence-electron chi connectivity index (χ4n) is 2.89. The van der Waals surface area contributed by atoms with Crippen LogP contribution in [0.4, 0.5) is 0 Å². The Bertz CT molecular complexity index is 1000. The summed E-state index contributed by atoms with van der Waals surface area (Å²) in [6.45, 7) is 0. The van der Waals surface area contributed by atoms with Crippen molar-refractivity contribution in [2.45, 2.75) is 0 Å². The molecule has 0 atom stereocenters. The summed E-state index contributed by atoms with van der Waals surface area (Å²) in [4.78, 5) is 19.1. The monoisotopic (exact) mass is 288 g/mol. The van der Waals surface area contributed by atoms with Gasteiger partial charge in [0.1, 0.15) is 0 Å². The molecule has 2 aromatic heterocycles. The van der Waals surface area contributed by atoms with Gasteiger partial charge in [0.25, 0.3) is 0 Å². The summed E-state index contributed by atoms with van der Waals surface area (Å²) in [5.41, 5.74) is 3.39. The van der Waals surface area contributed by atoms with E-state index < -0.39 is 5.97 Å². The van der Waals surface area contributed by atoms with Gasteiger partial charge in [-0.25, -0.2) is 9.78 Å². The number of para-hydroxylation sites is 1. The van der Waals surface area contributed by atoms with Crippen LogP contribution in [0.3, 0.4) is 0 Å². The first-order valence-electron chi connectivity index (χ1n) is 6.94. The molecule has 0 aliphatic rings. The number of hydrogen-bond acceptors (Lipinski definition) is 2. The smallest absolute Gasteiger partial charge is 0.355 e. The maximum Gasteiger partial charge on any atom is 0.355 e. The molecule has 4 aromatic rings. The number of aromatic amines is 1. The lowest BCUT2D eigenvalue weighted by atomic mass is 9.98. The van der Waals surface area contributed by atoms with Crippen LogP contribution in [0.2, 0.25) is 0 Å². The zero-order chi connectivity index (χ0) is 15.1. The first-order chi connectivity index (χ1) is 10.8. The zero-order valence-corrected chi connectivity index (χ0v) is 11.6. The number of hydrogen-bond donors (Lipinski definition) is 2. The Morgan fingerprint density at radius 3 is 2.45 bits per heavy atom. The van der Waals surface area contributed by atoms with Crippen molar-refractivity contribution in [3.8, 4) is 11.1 Å². The van der Waals surface area contributed by atoms with E-state index in [1.807, 2.05) is 54.6 Å². The molecule has 0 radical (unpaired) electrons. The van der Waals surface area contributed by atoms with E-state index in [1.165, 1.54) is 0 Å². The van der Waals surface area contributed by atoms with Gasteiger partial charge in [-0.3, -0.25) is 0 Å². The number of carbonyl (C=O) groups is 1. The number of rotatable bonds is 2. The number of pyridine rings is 1. The molecule has 0 saturated carbocycles. The first kappa shape index (κ1) is 12.6. The van der Waals surface area contributed by atoms with Crippen molar-refractivity contribution < 1.29 is 9.90 Å². The number of aromatic carboxylic acids is 1. The molecule has 106 valence electrons. The van der Waals surface area contributed by atoms with E-state index in [2.05, 4.69) is 9.97 Å². The third kappa shape index (κ3) is 1.78. The predicted octanol–water partition coefficient (Wildman–Crippen LogP) is 4.08. The highest BCUT2D eigenvalue weighted by Crippen LogP contribution is 2.35. The number of H-pyrrole nitrogens is 1. The molecule has 2 aromatic carbocycles. The molecule has 0 unspecified atom stereocenters. The van der Waals surface area contributed by atoms with Gasteiger partial charge in [-0.2, -0.15) is 0 Å². The minimum Gasteiger partial charge on any atom is -0.476 e. The normalized spacial score (nSPS) is 11.1. The topological polar surface area (TPSA) is 66.0 Å². The minimum atomic E-state index is -1.02. The van der Waals surface area contributed by atoms with Gasteiger partial charge < -0.3 is 10.1 Å². The average molecular weight is 288 g/mol. The Morgan fingerprint density at radius 2 is 1.68 bits per heavy atom. The number of fused-ring (bicyclic) bond motifs is 3. The fraction of sp³-hybridized carbons (Fsp3) is 0. The van der Waals surface area contributed by atoms with Gasteiger partial charge in [0.05, 0.1) is 11.7 Å². The largest absolute Gasteiger partial charge is 0.476 e. The Balaban J connectivity index is 2.23. The minimum absolute atomic E-state index is 0.0726. The third-order valence-corrected chi connectivity index (χ3v) is 3.81. The lowest BCUT2D eigenvalue weighted by Gasteiger charge is -2.08. The molecule has 4 heteroatoms. The predicted molar refractivity (Wildman–Crippen MR) is 86.0 cm³/mol. The van der Waals surface area contributed by atoms with E-state index in [4.69, 9.17) is 0 Å². The number of nitrogens with one attached hydrogen (secondary N) is 1. The number of benzene rings is 2. The number of carboxylic acids is 1. The molecule has 2 N–H and O–H groups in total. The summed E-state index contributed by atoms with van der Waals surface area (Å²) in [6.07, 6.45) is 1.59. The van der Waals surface area contributed by atoms with Crippen molar-refractivity contribution in [3.63, 3.8) is 0 Å². The summed E-state index contributed by atoms with van der Waals surface area (Å²) in [5.74, 6) is -1.02. The molecule has 0 aliphatic carbocycles. The van der Waals surface area contributed by atoms with Crippen molar-refractivity contribution >= 4 is 27.8 Å². The molecule has 22 heavy (non-hydrogen) atoms. The quantitative estimate of drug-likeness (QED) is 0.584. The second-order valence-corrected chi connectivity index (χ2v) is 5.11. The molecule has 0 spiro atoms. The number of nitrogens with zero attached hydrogens (tertiary/aromatic N) is 1. The molecule has 0 amide bonds. The second-order valence-electron chi connectivity index (χ2n) is 5.11. The van der Waals surface area contributed by atoms with Gasteiger partial charge in [0.2, 0.25) is 0 Å². The van der Waals surface area contributed by atoms with Gasteiger partial charge in [0.15, 0.2) is 5.69 Å². The average Bonchev–Trinajstić information content (AvgIpc) is 2.93. The lowest BCUT2D eigenvalue weighted by Crippen LogP contribution is -2.03. The Kier molecular flexibility index (Phi) is 2.69. The van der Waals surface area contributed by atoms with Gasteiger partial charge in [0, 0.05) is 21.9 Å². The Labute approximate surface area is 126 Å². The number of aromatic nitrogens is 2. The molecule has 4 nitrogen and oxygen atoms in total. The van der Waals surface area contributed by atoms with E-state index in [9.17, 15) is 9.90 Å². The van der Waals surface area contributed by atoms with Crippen molar-refractivity contribution in [1.82, 2.24) is 9.97 Å². The molecule has 2 heterocycles. The van der Waals surface area contributed by atoms with Crippen LogP contribution in [0.25, 0.3) is 32.9 Å². The van der Waals surface area contributed by atoms with Crippen LogP contribution in [0.1, 0.15) is 10.5 Å². The van der Waals surface area contributed by atoms with Crippen molar-refractivity contribution in [3.05, 3.63) is 66.5 Å². The summed E-state index contributed by atoms with van der Waals surface area (Å²) < 4.78 is 0. The van der Waals surface area contributed by atoms with E-state index in [0.29, 0.717) is 5.56 Å². The summed E-state index contributed by atoms with van der Waals surface area (Å²) in [5, 5.41) is 11.4. The molecule has 0 fully saturated rings. The van der Waals surface area contributed by atoms with E-state index in [1.54, 1.807) is 6.20 Å². The molecule has 4 rings (SSSR count). The van der Waals surface area contributed by atoms with Crippen LogP contribution in [-0.2, 0) is 0 Å². The molecule has 0 saturated heterocycles. The van der Waals surface area contributed by atoms with Crippen LogP contribution >= 0.6 is 0 Å². The standard InChI is InChI=1S/C18H12N2O2/c21-18(22)17-15(11-6-2-1-3-7-11)16-12-8-4-5-9-13(12)20-14(16)10-19-17/h1-10,20H,(H,21,22). The maximum atomic E-state index is 11.6. The maximum absolute atomic E-state index is 11.6. The third-order valence-electron chi connectivity index (χ3n) is 3.81. The van der Waals surface area contributed by atoms with Gasteiger partial charge in [-0.05, 0) is 11.6 Å². The van der Waals surface area contributed by atoms with E-state index in [0.717, 1.165) is 27.4 Å². The van der Waals surface area contributed by atoms with Gasteiger partial charge in [-0.1, -0.05) is 48.5 Å². The fourth-order valence-corrected chi connectivity index (χ4v) is 2.89. The van der Waals surface area contributed by atoms with Crippen molar-refractivity contribution in [2.75, 3.05) is 0 Å². The van der Waals surface area contributed by atoms with Gasteiger partial charge in [-0.15, -0.1) is 0 Å². The molecule has 0 bridgehead atoms. The zero-order valence-electron chi connectivity index (χ0n) is 11.6. The van der Waals surface area contributed by atoms with Crippen LogP contribution < -0.4 is 0 Å². The highest BCUT2D eigenvalue weighted by Gasteiger charge is 2.19.